The van der Waals surface area contributed by atoms with Crippen molar-refractivity contribution in [3.63, 3.8) is 0 Å². The Morgan fingerprint density at radius 3 is 0.500 bits per heavy atom. The number of benzene rings is 8. The number of ether oxygens (including phenoxy) is 8. The average Bonchev–Trinajstić information content (AvgIpc) is 2.30. The largest absolute Gasteiger partial charge is 0.497 e. The van der Waals surface area contributed by atoms with Gasteiger partial charge in [0.05, 0.1) is 56.9 Å². The molecule has 8 aromatic rings. The first-order chi connectivity index (χ1) is 39.9. The maximum absolute atomic E-state index is 5.56. The topological polar surface area (TPSA) is 73.8 Å². The molecule has 8 heteroatoms. The van der Waals surface area contributed by atoms with Gasteiger partial charge in [0.1, 0.15) is 46.0 Å². The van der Waals surface area contributed by atoms with E-state index < -0.39 is 0 Å². The van der Waals surface area contributed by atoms with Crippen LogP contribution in [0.3, 0.4) is 0 Å². The van der Waals surface area contributed by atoms with Gasteiger partial charge in [-0.3, -0.25) is 0 Å². The highest BCUT2D eigenvalue weighted by Gasteiger charge is 2.69. The molecule has 0 radical (unpaired) electrons. The quantitative estimate of drug-likeness (QED) is 0.112. The monoisotopic (exact) mass is 1080 g/mol. The molecule has 8 aromatic carbocycles. The van der Waals surface area contributed by atoms with Gasteiger partial charge in [0, 0.05) is 68.8 Å². The van der Waals surface area contributed by atoms with E-state index in [0.29, 0.717) is 46.0 Å². The summed E-state index contributed by atoms with van der Waals surface area (Å²) < 4.78 is 44.5. The highest BCUT2D eigenvalue weighted by Crippen LogP contribution is 2.74. The van der Waals surface area contributed by atoms with Gasteiger partial charge in [-0.2, -0.15) is 0 Å². The van der Waals surface area contributed by atoms with Crippen molar-refractivity contribution in [1.82, 2.24) is 0 Å². The molecule has 0 atom stereocenters. The number of rotatable bonds is 12. The van der Waals surface area contributed by atoms with Crippen LogP contribution in [0, 0.1) is 47.4 Å². The Morgan fingerprint density at radius 2 is 0.354 bits per heavy atom. The maximum Gasteiger partial charge on any atom is 0.123 e. The molecule has 0 amide bonds. The molecule has 0 N–H and O–H groups in total. The van der Waals surface area contributed by atoms with Gasteiger partial charge in [0.2, 0.25) is 0 Å². The first kappa shape index (κ1) is 54.4. The van der Waals surface area contributed by atoms with Crippen LogP contribution in [-0.2, 0) is 21.7 Å². The van der Waals surface area contributed by atoms with Gasteiger partial charge in [-0.05, 0) is 180 Å². The summed E-state index contributed by atoms with van der Waals surface area (Å²) in [6.07, 6.45) is 5.96. The summed E-state index contributed by atoms with van der Waals surface area (Å²) in [5.74, 6) is 32.9. The molecule has 4 aliphatic carbocycles. The highest BCUT2D eigenvalue weighted by atomic mass is 16.5. The van der Waals surface area contributed by atoms with Crippen molar-refractivity contribution in [2.24, 2.45) is 0 Å². The van der Waals surface area contributed by atoms with Crippen LogP contribution >= 0.6 is 0 Å². The number of methoxy groups -OCH3 is 8. The van der Waals surface area contributed by atoms with Crippen molar-refractivity contribution >= 4 is 0 Å². The first-order valence-electron chi connectivity index (χ1n) is 27.4. The van der Waals surface area contributed by atoms with Crippen LogP contribution in [0.1, 0.15) is 105 Å². The second-order valence-corrected chi connectivity index (χ2v) is 21.9. The fourth-order valence-electron chi connectivity index (χ4n) is 13.6. The lowest BCUT2D eigenvalue weighted by atomic mass is 9.32. The smallest absolute Gasteiger partial charge is 0.123 e. The van der Waals surface area contributed by atoms with Crippen LogP contribution < -0.4 is 37.9 Å². The van der Waals surface area contributed by atoms with Crippen LogP contribution in [0.2, 0.25) is 0 Å². The summed E-state index contributed by atoms with van der Waals surface area (Å²) in [4.78, 5) is 0. The van der Waals surface area contributed by atoms with E-state index in [2.05, 4.69) is 144 Å². The van der Waals surface area contributed by atoms with Gasteiger partial charge >= 0.3 is 0 Å². The second kappa shape index (κ2) is 22.9. The van der Waals surface area contributed by atoms with Crippen LogP contribution in [0.5, 0.6) is 46.0 Å². The molecule has 0 unspecified atom stereocenters. The third-order valence-electron chi connectivity index (χ3n) is 16.9. The lowest BCUT2D eigenvalue weighted by Gasteiger charge is -2.71. The van der Waals surface area contributed by atoms with E-state index in [1.807, 2.05) is 72.8 Å². The zero-order chi connectivity index (χ0) is 56.9. The Labute approximate surface area is 482 Å². The average molecular weight is 1080 g/mol. The van der Waals surface area contributed by atoms with Gasteiger partial charge in [0.15, 0.2) is 0 Å². The predicted molar refractivity (Wildman–Crippen MR) is 322 cm³/mol. The highest BCUT2D eigenvalue weighted by molar-refractivity contribution is 5.57. The lowest BCUT2D eigenvalue weighted by Crippen LogP contribution is -2.67. The number of hydrogen-bond donors (Lipinski definition) is 0. The second-order valence-electron chi connectivity index (χ2n) is 21.9. The van der Waals surface area contributed by atoms with E-state index in [4.69, 9.17) is 37.9 Å². The number of hydrogen-bond acceptors (Lipinski definition) is 8. The summed E-state index contributed by atoms with van der Waals surface area (Å²) in [6.45, 7) is 0. The molecule has 82 heavy (non-hydrogen) atoms. The Morgan fingerprint density at radius 1 is 0.207 bits per heavy atom. The minimum atomic E-state index is -0.210. The summed E-state index contributed by atoms with van der Waals surface area (Å²) in [5, 5.41) is 0. The fraction of sp³-hybridized carbons (Fsp3) is 0.243. The van der Waals surface area contributed by atoms with Gasteiger partial charge in [-0.25, -0.2) is 0 Å². The molecule has 0 saturated heterocycles. The summed E-state index contributed by atoms with van der Waals surface area (Å²) >= 11 is 0. The zero-order valence-electron chi connectivity index (χ0n) is 47.7. The van der Waals surface area contributed by atoms with Crippen LogP contribution in [-0.4, -0.2) is 56.9 Å². The SMILES string of the molecule is COc1cc(C#Cc2ccc(C34CC5(c6ccc(C#Cc7cc(OC)cc(OC)c7)cc6)CC(c6ccc(C#Cc7cc(OC)cc(OC)c7)cc6)(C3)CC(c3ccc(C#Cc6cc(OC)cc(OC)c6)cc3)(C4)C5)cc2)cc(OC)c1. The molecular formula is C74H64O8. The van der Waals surface area contributed by atoms with Crippen molar-refractivity contribution in [3.05, 3.63) is 237 Å². The van der Waals surface area contributed by atoms with E-state index in [1.165, 1.54) is 22.3 Å². The minimum absolute atomic E-state index is 0.210. The lowest BCUT2D eigenvalue weighted by molar-refractivity contribution is -0.0691. The van der Waals surface area contributed by atoms with E-state index in [-0.39, 0.29) is 21.7 Å². The Bertz CT molecular complexity index is 3300. The van der Waals surface area contributed by atoms with Crippen LogP contribution in [0.25, 0.3) is 0 Å². The van der Waals surface area contributed by atoms with Crippen molar-refractivity contribution < 1.29 is 37.9 Å². The molecule has 4 fully saturated rings. The van der Waals surface area contributed by atoms with E-state index in [0.717, 1.165) is 83.0 Å². The first-order valence-corrected chi connectivity index (χ1v) is 27.4. The Balaban J connectivity index is 1.03. The van der Waals surface area contributed by atoms with Crippen LogP contribution in [0.15, 0.2) is 170 Å². The van der Waals surface area contributed by atoms with Crippen molar-refractivity contribution in [1.29, 1.82) is 0 Å². The van der Waals surface area contributed by atoms with E-state index in [1.54, 1.807) is 56.9 Å². The minimum Gasteiger partial charge on any atom is -0.497 e. The third-order valence-corrected chi connectivity index (χ3v) is 16.9. The van der Waals surface area contributed by atoms with E-state index in [9.17, 15) is 0 Å². The molecule has 0 aliphatic heterocycles. The fourth-order valence-corrected chi connectivity index (χ4v) is 13.6. The van der Waals surface area contributed by atoms with Gasteiger partial charge in [0.25, 0.3) is 0 Å². The third kappa shape index (κ3) is 11.1. The normalized spacial score (nSPS) is 19.7. The molecule has 0 aromatic heterocycles. The predicted octanol–water partition coefficient (Wildman–Crippen LogP) is 13.8. The molecule has 4 saturated carbocycles. The van der Waals surface area contributed by atoms with Crippen molar-refractivity contribution in [2.75, 3.05) is 56.9 Å². The Kier molecular flexibility index (Phi) is 15.2. The zero-order valence-corrected chi connectivity index (χ0v) is 47.7. The molecule has 0 heterocycles. The van der Waals surface area contributed by atoms with Crippen LogP contribution in [0.4, 0.5) is 0 Å². The van der Waals surface area contributed by atoms with Crippen molar-refractivity contribution in [2.45, 2.75) is 60.2 Å². The summed E-state index contributed by atoms with van der Waals surface area (Å²) in [7, 11) is 13.2. The molecule has 408 valence electrons. The van der Waals surface area contributed by atoms with Gasteiger partial charge in [-0.15, -0.1) is 0 Å². The summed E-state index contributed by atoms with van der Waals surface area (Å²) in [5.41, 5.74) is 11.5. The van der Waals surface area contributed by atoms with E-state index >= 15 is 0 Å². The molecule has 0 spiro atoms. The molecule has 12 rings (SSSR count). The molecule has 8 nitrogen and oxygen atoms in total. The molecule has 4 bridgehead atoms. The molecule has 4 aliphatic rings. The Hall–Kier alpha value is -9.60. The molecular weight excluding hydrogens is 1020 g/mol. The van der Waals surface area contributed by atoms with Crippen molar-refractivity contribution in [3.8, 4) is 93.4 Å². The maximum atomic E-state index is 5.56. The van der Waals surface area contributed by atoms with Gasteiger partial charge < -0.3 is 37.9 Å². The summed E-state index contributed by atoms with van der Waals surface area (Å²) in [6, 6.07) is 59.3. The standard InChI is InChI=1S/C74H64O8/c1-75-63-33-55(34-64(41-63)76-2)13-9-51-17-25-59(26-18-51)71-45-72(60-27-19-52(20-28-60)10-14-56-35-65(77-3)42-66(36-56)78-4)48-73(46-71,61-29-21-53(22-30-61)11-15-57-37-67(79-5)43-68(38-57)80-6)50-74(47-71,49-72)62-31-23-54(24-32-62)12-16-58-39-69(81-7)44-70(40-58)82-8/h17-44H,45-50H2,1-8H3. The van der Waals surface area contributed by atoms with Gasteiger partial charge in [-0.1, -0.05) is 95.9 Å².